The number of nitrogens with zero attached hydrogens (tertiary/aromatic N) is 2. The largest absolute Gasteiger partial charge is 0.224 e. The van der Waals surface area contributed by atoms with Crippen LogP contribution >= 0.6 is 23.2 Å². The molecule has 0 N–H and O–H groups in total. The lowest BCUT2D eigenvalue weighted by atomic mass is 10.1. The van der Waals surface area contributed by atoms with E-state index in [1.165, 1.54) is 6.07 Å². The molecule has 5 heteroatoms. The molecule has 0 atom stereocenters. The van der Waals surface area contributed by atoms with E-state index in [1.807, 2.05) is 0 Å². The molecule has 1 heterocycles. The highest BCUT2D eigenvalue weighted by Crippen LogP contribution is 2.23. The maximum Gasteiger partial charge on any atom is 0.224 e. The Morgan fingerprint density at radius 1 is 1.12 bits per heavy atom. The maximum absolute atomic E-state index is 13.1. The Kier molecular flexibility index (Phi) is 3.08. The topological polar surface area (TPSA) is 25.8 Å². The van der Waals surface area contributed by atoms with Crippen LogP contribution in [-0.4, -0.2) is 9.97 Å². The molecule has 82 valence electrons. The van der Waals surface area contributed by atoms with Crippen molar-refractivity contribution in [3.05, 3.63) is 46.1 Å². The van der Waals surface area contributed by atoms with Crippen molar-refractivity contribution in [3.8, 4) is 11.3 Å². The third-order valence-electron chi connectivity index (χ3n) is 2.12. The Bertz CT molecular complexity index is 523. The van der Waals surface area contributed by atoms with Crippen LogP contribution in [0.2, 0.25) is 10.4 Å². The zero-order valence-corrected chi connectivity index (χ0v) is 9.85. The highest BCUT2D eigenvalue weighted by atomic mass is 35.5. The van der Waals surface area contributed by atoms with Gasteiger partial charge in [-0.25, -0.2) is 14.4 Å². The molecule has 0 fully saturated rings. The van der Waals surface area contributed by atoms with E-state index < -0.39 is 0 Å². The van der Waals surface area contributed by atoms with E-state index in [1.54, 1.807) is 25.1 Å². The number of aromatic nitrogens is 2. The van der Waals surface area contributed by atoms with E-state index in [0.717, 1.165) is 5.56 Å². The van der Waals surface area contributed by atoms with Gasteiger partial charge in [-0.1, -0.05) is 11.6 Å². The van der Waals surface area contributed by atoms with Gasteiger partial charge >= 0.3 is 0 Å². The van der Waals surface area contributed by atoms with Crippen LogP contribution in [0.4, 0.5) is 4.39 Å². The van der Waals surface area contributed by atoms with Crippen molar-refractivity contribution < 1.29 is 4.39 Å². The summed E-state index contributed by atoms with van der Waals surface area (Å²) in [7, 11) is 0. The van der Waals surface area contributed by atoms with Gasteiger partial charge in [-0.2, -0.15) is 0 Å². The summed E-state index contributed by atoms with van der Waals surface area (Å²) in [5.74, 6) is -0.255. The molecule has 0 saturated carbocycles. The third-order valence-corrected chi connectivity index (χ3v) is 2.48. The molecular formula is C11H7Cl2FN2. The fraction of sp³-hybridized carbons (Fsp3) is 0.0909. The van der Waals surface area contributed by atoms with Gasteiger partial charge in [0.05, 0.1) is 5.69 Å². The second-order valence-corrected chi connectivity index (χ2v) is 4.03. The van der Waals surface area contributed by atoms with E-state index in [-0.39, 0.29) is 16.3 Å². The molecule has 1 aromatic carbocycles. The number of halogens is 3. The smallest absolute Gasteiger partial charge is 0.218 e. The summed E-state index contributed by atoms with van der Waals surface area (Å²) in [6.07, 6.45) is 0. The van der Waals surface area contributed by atoms with Crippen LogP contribution < -0.4 is 0 Å². The van der Waals surface area contributed by atoms with E-state index in [2.05, 4.69) is 9.97 Å². The summed E-state index contributed by atoms with van der Waals surface area (Å²) < 4.78 is 13.1. The predicted octanol–water partition coefficient (Wildman–Crippen LogP) is 3.90. The molecule has 16 heavy (non-hydrogen) atoms. The van der Waals surface area contributed by atoms with Crippen LogP contribution in [0.5, 0.6) is 0 Å². The van der Waals surface area contributed by atoms with Crippen molar-refractivity contribution in [1.82, 2.24) is 9.97 Å². The Hall–Kier alpha value is -1.19. The van der Waals surface area contributed by atoms with Gasteiger partial charge in [0.15, 0.2) is 0 Å². The average Bonchev–Trinajstić information content (AvgIpc) is 2.20. The van der Waals surface area contributed by atoms with E-state index in [0.29, 0.717) is 11.3 Å². The number of rotatable bonds is 1. The van der Waals surface area contributed by atoms with E-state index in [9.17, 15) is 4.39 Å². The number of hydrogen-bond acceptors (Lipinski definition) is 2. The fourth-order valence-corrected chi connectivity index (χ4v) is 1.75. The summed E-state index contributed by atoms with van der Waals surface area (Å²) in [4.78, 5) is 7.77. The highest BCUT2D eigenvalue weighted by Gasteiger charge is 2.06. The SMILES string of the molecule is Cc1cc(-c2cc(Cl)nc(Cl)n2)ccc1F. The van der Waals surface area contributed by atoms with Crippen LogP contribution in [0.3, 0.4) is 0 Å². The van der Waals surface area contributed by atoms with Gasteiger partial charge in [-0.15, -0.1) is 0 Å². The summed E-state index contributed by atoms with van der Waals surface area (Å²) in [5.41, 5.74) is 1.88. The van der Waals surface area contributed by atoms with Gasteiger partial charge in [0.2, 0.25) is 5.28 Å². The lowest BCUT2D eigenvalue weighted by Gasteiger charge is -2.03. The molecule has 0 saturated heterocycles. The maximum atomic E-state index is 13.1. The summed E-state index contributed by atoms with van der Waals surface area (Å²) >= 11 is 11.5. The molecule has 0 spiro atoms. The van der Waals surface area contributed by atoms with Gasteiger partial charge in [0.1, 0.15) is 11.0 Å². The first-order valence-electron chi connectivity index (χ1n) is 4.53. The number of hydrogen-bond donors (Lipinski definition) is 0. The van der Waals surface area contributed by atoms with Gasteiger partial charge in [-0.05, 0) is 42.3 Å². The third kappa shape index (κ3) is 2.31. The van der Waals surface area contributed by atoms with Gasteiger partial charge in [0.25, 0.3) is 0 Å². The van der Waals surface area contributed by atoms with Crippen molar-refractivity contribution in [2.24, 2.45) is 0 Å². The van der Waals surface area contributed by atoms with Crippen molar-refractivity contribution in [1.29, 1.82) is 0 Å². The van der Waals surface area contributed by atoms with Crippen molar-refractivity contribution in [2.45, 2.75) is 6.92 Å². The predicted molar refractivity (Wildman–Crippen MR) is 62.2 cm³/mol. The molecule has 2 aromatic rings. The molecule has 0 aliphatic rings. The Labute approximate surface area is 102 Å². The monoisotopic (exact) mass is 256 g/mol. The first kappa shape index (κ1) is 11.3. The van der Waals surface area contributed by atoms with Crippen LogP contribution in [0.15, 0.2) is 24.3 Å². The Balaban J connectivity index is 2.54. The van der Waals surface area contributed by atoms with Crippen molar-refractivity contribution in [2.75, 3.05) is 0 Å². The second kappa shape index (κ2) is 4.36. The molecule has 0 bridgehead atoms. The minimum absolute atomic E-state index is 0.0736. The average molecular weight is 257 g/mol. The van der Waals surface area contributed by atoms with Crippen LogP contribution in [0.1, 0.15) is 5.56 Å². The zero-order chi connectivity index (χ0) is 11.7. The van der Waals surface area contributed by atoms with Crippen molar-refractivity contribution in [3.63, 3.8) is 0 Å². The first-order chi connectivity index (χ1) is 7.56. The molecule has 1 aromatic heterocycles. The summed E-state index contributed by atoms with van der Waals surface area (Å²) in [5, 5.41) is 0.335. The van der Waals surface area contributed by atoms with Gasteiger partial charge in [0, 0.05) is 11.6 Å². The summed E-state index contributed by atoms with van der Waals surface area (Å²) in [6, 6.07) is 6.27. The lowest BCUT2D eigenvalue weighted by molar-refractivity contribution is 0.619. The van der Waals surface area contributed by atoms with Gasteiger partial charge < -0.3 is 0 Å². The quantitative estimate of drug-likeness (QED) is 0.572. The molecule has 2 rings (SSSR count). The minimum atomic E-state index is -0.255. The molecule has 2 nitrogen and oxygen atoms in total. The van der Waals surface area contributed by atoms with Crippen LogP contribution in [0, 0.1) is 12.7 Å². The molecule has 0 aliphatic carbocycles. The van der Waals surface area contributed by atoms with Crippen molar-refractivity contribution >= 4 is 23.2 Å². The Morgan fingerprint density at radius 2 is 1.88 bits per heavy atom. The molecular weight excluding hydrogens is 250 g/mol. The van der Waals surface area contributed by atoms with E-state index in [4.69, 9.17) is 23.2 Å². The highest BCUT2D eigenvalue weighted by molar-refractivity contribution is 6.32. The van der Waals surface area contributed by atoms with Gasteiger partial charge in [-0.3, -0.25) is 0 Å². The second-order valence-electron chi connectivity index (χ2n) is 3.31. The standard InChI is InChI=1S/C11H7Cl2FN2/c1-6-4-7(2-3-8(6)14)9-5-10(12)16-11(13)15-9/h2-5H,1H3. The van der Waals surface area contributed by atoms with E-state index >= 15 is 0 Å². The molecule has 0 radical (unpaired) electrons. The zero-order valence-electron chi connectivity index (χ0n) is 8.34. The normalized spacial score (nSPS) is 10.5. The lowest BCUT2D eigenvalue weighted by Crippen LogP contribution is -1.90. The first-order valence-corrected chi connectivity index (χ1v) is 5.28. The number of aryl methyl sites for hydroxylation is 1. The van der Waals surface area contributed by atoms with Crippen LogP contribution in [0.25, 0.3) is 11.3 Å². The summed E-state index contributed by atoms with van der Waals surface area (Å²) in [6.45, 7) is 1.68. The minimum Gasteiger partial charge on any atom is -0.218 e. The Morgan fingerprint density at radius 3 is 2.50 bits per heavy atom. The molecule has 0 aliphatic heterocycles. The molecule has 0 amide bonds. The number of benzene rings is 1. The fourth-order valence-electron chi connectivity index (χ4n) is 1.34. The van der Waals surface area contributed by atoms with Crippen LogP contribution in [-0.2, 0) is 0 Å². The molecule has 0 unspecified atom stereocenters.